The topological polar surface area (TPSA) is 41.5 Å². The first kappa shape index (κ1) is 14.6. The number of benzene rings is 2. The van der Waals surface area contributed by atoms with Gasteiger partial charge in [0.25, 0.3) is 0 Å². The van der Waals surface area contributed by atoms with E-state index in [0.717, 1.165) is 17.9 Å². The lowest BCUT2D eigenvalue weighted by Crippen LogP contribution is -2.21. The third-order valence-electron chi connectivity index (χ3n) is 3.29. The molecule has 0 aliphatic rings. The van der Waals surface area contributed by atoms with E-state index in [1.807, 2.05) is 55.5 Å². The summed E-state index contributed by atoms with van der Waals surface area (Å²) in [5, 5.41) is 13.4. The summed E-state index contributed by atoms with van der Waals surface area (Å²) in [6.45, 7) is 3.31. The van der Waals surface area contributed by atoms with E-state index in [1.165, 1.54) is 11.1 Å². The molecule has 0 amide bonds. The molecule has 0 aliphatic heterocycles. The van der Waals surface area contributed by atoms with Crippen molar-refractivity contribution in [3.8, 4) is 5.75 Å². The molecule has 1 unspecified atom stereocenters. The monoisotopic (exact) mass is 271 g/mol. The number of rotatable bonds is 6. The number of aliphatic hydroxyl groups excluding tert-OH is 1. The summed E-state index contributed by atoms with van der Waals surface area (Å²) < 4.78 is 5.12. The fraction of sp³-hybridized carbons (Fsp3) is 0.294. The van der Waals surface area contributed by atoms with Crippen molar-refractivity contribution in [2.75, 3.05) is 13.7 Å². The molecule has 106 valence electrons. The van der Waals surface area contributed by atoms with Gasteiger partial charge in [-0.05, 0) is 30.2 Å². The van der Waals surface area contributed by atoms with E-state index >= 15 is 0 Å². The average molecular weight is 271 g/mol. The van der Waals surface area contributed by atoms with Crippen molar-refractivity contribution < 1.29 is 9.84 Å². The molecule has 2 N–H and O–H groups in total. The van der Waals surface area contributed by atoms with Crippen LogP contribution in [0.3, 0.4) is 0 Å². The predicted octanol–water partition coefficient (Wildman–Crippen LogP) is 2.83. The molecule has 3 heteroatoms. The Balaban J connectivity index is 1.81. The highest BCUT2D eigenvalue weighted by Gasteiger charge is 2.06. The Labute approximate surface area is 120 Å². The zero-order chi connectivity index (χ0) is 14.4. The maximum absolute atomic E-state index is 10.1. The molecule has 0 bridgehead atoms. The van der Waals surface area contributed by atoms with Crippen LogP contribution < -0.4 is 10.1 Å². The molecular weight excluding hydrogens is 250 g/mol. The predicted molar refractivity (Wildman–Crippen MR) is 80.8 cm³/mol. The number of aryl methyl sites for hydroxylation is 1. The minimum Gasteiger partial charge on any atom is -0.497 e. The van der Waals surface area contributed by atoms with Crippen molar-refractivity contribution in [3.63, 3.8) is 0 Å². The van der Waals surface area contributed by atoms with Gasteiger partial charge in [-0.25, -0.2) is 0 Å². The van der Waals surface area contributed by atoms with E-state index in [4.69, 9.17) is 4.74 Å². The van der Waals surface area contributed by atoms with E-state index < -0.39 is 6.10 Å². The Hall–Kier alpha value is -1.84. The third kappa shape index (κ3) is 4.08. The molecule has 2 rings (SSSR count). The number of aliphatic hydroxyl groups is 1. The average Bonchev–Trinajstić information content (AvgIpc) is 2.48. The Kier molecular flexibility index (Phi) is 5.16. The number of hydrogen-bond acceptors (Lipinski definition) is 3. The fourth-order valence-electron chi connectivity index (χ4n) is 2.00. The van der Waals surface area contributed by atoms with Gasteiger partial charge >= 0.3 is 0 Å². The lowest BCUT2D eigenvalue weighted by atomic mass is 10.1. The van der Waals surface area contributed by atoms with E-state index in [0.29, 0.717) is 6.54 Å². The van der Waals surface area contributed by atoms with Crippen molar-refractivity contribution in [2.45, 2.75) is 19.6 Å². The summed E-state index contributed by atoms with van der Waals surface area (Å²) >= 11 is 0. The number of methoxy groups -OCH3 is 1. The van der Waals surface area contributed by atoms with Crippen LogP contribution in [0.1, 0.15) is 22.8 Å². The Morgan fingerprint density at radius 3 is 2.30 bits per heavy atom. The standard InChI is InChI=1S/C17H21NO2/c1-13-3-7-15(8-4-13)17(19)12-18-11-14-5-9-16(20-2)10-6-14/h3-10,17-19H,11-12H2,1-2H3. The third-order valence-corrected chi connectivity index (χ3v) is 3.29. The molecular formula is C17H21NO2. The van der Waals surface area contributed by atoms with E-state index in [1.54, 1.807) is 7.11 Å². The number of nitrogens with one attached hydrogen (secondary N) is 1. The summed E-state index contributed by atoms with van der Waals surface area (Å²) in [5.74, 6) is 0.855. The molecule has 0 saturated carbocycles. The van der Waals surface area contributed by atoms with Gasteiger partial charge in [0.05, 0.1) is 13.2 Å². The second kappa shape index (κ2) is 7.08. The molecule has 0 heterocycles. The van der Waals surface area contributed by atoms with E-state index in [2.05, 4.69) is 5.32 Å². The van der Waals surface area contributed by atoms with Crippen LogP contribution in [0.25, 0.3) is 0 Å². The molecule has 0 radical (unpaired) electrons. The smallest absolute Gasteiger partial charge is 0.118 e. The lowest BCUT2D eigenvalue weighted by Gasteiger charge is -2.12. The molecule has 0 aliphatic carbocycles. The van der Waals surface area contributed by atoms with Gasteiger partial charge in [0, 0.05) is 13.1 Å². The molecule has 20 heavy (non-hydrogen) atoms. The molecule has 0 spiro atoms. The summed E-state index contributed by atoms with van der Waals surface area (Å²) in [7, 11) is 1.66. The van der Waals surface area contributed by atoms with E-state index in [9.17, 15) is 5.11 Å². The van der Waals surface area contributed by atoms with Crippen LogP contribution >= 0.6 is 0 Å². The summed E-state index contributed by atoms with van der Waals surface area (Å²) in [5.41, 5.74) is 3.31. The summed E-state index contributed by atoms with van der Waals surface area (Å²) in [6, 6.07) is 15.9. The molecule has 1 atom stereocenters. The molecule has 0 fully saturated rings. The summed E-state index contributed by atoms with van der Waals surface area (Å²) in [6.07, 6.45) is -0.478. The van der Waals surface area contributed by atoms with Gasteiger partial charge in [0.15, 0.2) is 0 Å². The molecule has 2 aromatic rings. The highest BCUT2D eigenvalue weighted by atomic mass is 16.5. The highest BCUT2D eigenvalue weighted by molar-refractivity contribution is 5.27. The molecule has 0 aromatic heterocycles. The number of ether oxygens (including phenoxy) is 1. The summed E-state index contributed by atoms with van der Waals surface area (Å²) in [4.78, 5) is 0. The Morgan fingerprint density at radius 1 is 1.05 bits per heavy atom. The van der Waals surface area contributed by atoms with Gasteiger partial charge in [-0.1, -0.05) is 42.0 Å². The molecule has 0 saturated heterocycles. The van der Waals surface area contributed by atoms with Crippen molar-refractivity contribution in [3.05, 3.63) is 65.2 Å². The van der Waals surface area contributed by atoms with Crippen LogP contribution in [-0.4, -0.2) is 18.8 Å². The van der Waals surface area contributed by atoms with Crippen LogP contribution in [-0.2, 0) is 6.54 Å². The minimum absolute atomic E-state index is 0.478. The SMILES string of the molecule is COc1ccc(CNCC(O)c2ccc(C)cc2)cc1. The first-order valence-electron chi connectivity index (χ1n) is 6.77. The largest absolute Gasteiger partial charge is 0.497 e. The first-order valence-corrected chi connectivity index (χ1v) is 6.77. The maximum Gasteiger partial charge on any atom is 0.118 e. The first-order chi connectivity index (χ1) is 9.69. The Bertz CT molecular complexity index is 520. The zero-order valence-electron chi connectivity index (χ0n) is 12.0. The number of hydrogen-bond donors (Lipinski definition) is 2. The quantitative estimate of drug-likeness (QED) is 0.849. The van der Waals surface area contributed by atoms with E-state index in [-0.39, 0.29) is 0 Å². The van der Waals surface area contributed by atoms with Crippen molar-refractivity contribution in [1.82, 2.24) is 5.32 Å². The Morgan fingerprint density at radius 2 is 1.70 bits per heavy atom. The normalized spacial score (nSPS) is 12.2. The van der Waals surface area contributed by atoms with Crippen molar-refractivity contribution >= 4 is 0 Å². The van der Waals surface area contributed by atoms with Crippen molar-refractivity contribution in [2.24, 2.45) is 0 Å². The van der Waals surface area contributed by atoms with Crippen LogP contribution in [0.5, 0.6) is 5.75 Å². The van der Waals surface area contributed by atoms with Crippen LogP contribution in [0, 0.1) is 6.92 Å². The van der Waals surface area contributed by atoms with Crippen molar-refractivity contribution in [1.29, 1.82) is 0 Å². The van der Waals surface area contributed by atoms with Gasteiger partial charge in [-0.3, -0.25) is 0 Å². The second-order valence-corrected chi connectivity index (χ2v) is 4.91. The fourth-order valence-corrected chi connectivity index (χ4v) is 2.00. The van der Waals surface area contributed by atoms with Gasteiger partial charge in [-0.2, -0.15) is 0 Å². The maximum atomic E-state index is 10.1. The van der Waals surface area contributed by atoms with Gasteiger partial charge in [-0.15, -0.1) is 0 Å². The van der Waals surface area contributed by atoms with Crippen LogP contribution in [0.4, 0.5) is 0 Å². The van der Waals surface area contributed by atoms with Gasteiger partial charge < -0.3 is 15.2 Å². The molecule has 2 aromatic carbocycles. The lowest BCUT2D eigenvalue weighted by molar-refractivity contribution is 0.174. The zero-order valence-corrected chi connectivity index (χ0v) is 12.0. The van der Waals surface area contributed by atoms with Crippen LogP contribution in [0.2, 0.25) is 0 Å². The second-order valence-electron chi connectivity index (χ2n) is 4.91. The molecule has 3 nitrogen and oxygen atoms in total. The minimum atomic E-state index is -0.478. The van der Waals surface area contributed by atoms with Gasteiger partial charge in [0.2, 0.25) is 0 Å². The highest BCUT2D eigenvalue weighted by Crippen LogP contribution is 2.14. The van der Waals surface area contributed by atoms with Crippen LogP contribution in [0.15, 0.2) is 48.5 Å². The van der Waals surface area contributed by atoms with Gasteiger partial charge in [0.1, 0.15) is 5.75 Å².